The van der Waals surface area contributed by atoms with Crippen molar-refractivity contribution in [2.24, 2.45) is 5.84 Å². The van der Waals surface area contributed by atoms with Crippen LogP contribution < -0.4 is 11.3 Å². The Hall–Kier alpha value is -1.43. The first-order valence-corrected chi connectivity index (χ1v) is 6.78. The highest BCUT2D eigenvalue weighted by atomic mass is 35.5. The van der Waals surface area contributed by atoms with Crippen molar-refractivity contribution < 1.29 is 4.39 Å². The van der Waals surface area contributed by atoms with Gasteiger partial charge >= 0.3 is 0 Å². The number of rotatable bonds is 4. The molecule has 0 amide bonds. The number of hydrogen-bond acceptors (Lipinski definition) is 3. The molecule has 2 aromatic rings. The van der Waals surface area contributed by atoms with Crippen LogP contribution in [0.5, 0.6) is 0 Å². The van der Waals surface area contributed by atoms with Crippen molar-refractivity contribution in [1.29, 1.82) is 0 Å². The minimum Gasteiger partial charge on any atom is -0.271 e. The standard InChI is InChI=1S/C14H18ClFN4/c1-8(2)20-14(11(15)7-18-20)13(19-17)10-5-4-9(3)12(16)6-10/h4-8,13,19H,17H2,1-3H3. The molecule has 0 aliphatic carbocycles. The third-order valence-corrected chi connectivity index (χ3v) is 3.54. The van der Waals surface area contributed by atoms with Crippen LogP contribution in [0, 0.1) is 12.7 Å². The smallest absolute Gasteiger partial charge is 0.126 e. The molecule has 1 aromatic heterocycles. The largest absolute Gasteiger partial charge is 0.271 e. The van der Waals surface area contributed by atoms with Gasteiger partial charge in [0, 0.05) is 6.04 Å². The molecule has 0 aliphatic heterocycles. The van der Waals surface area contributed by atoms with Crippen molar-refractivity contribution in [3.05, 3.63) is 52.1 Å². The van der Waals surface area contributed by atoms with E-state index in [9.17, 15) is 4.39 Å². The second-order valence-electron chi connectivity index (χ2n) is 5.02. The van der Waals surface area contributed by atoms with Crippen molar-refractivity contribution in [1.82, 2.24) is 15.2 Å². The van der Waals surface area contributed by atoms with E-state index in [4.69, 9.17) is 17.4 Å². The van der Waals surface area contributed by atoms with E-state index in [2.05, 4.69) is 10.5 Å². The molecule has 0 radical (unpaired) electrons. The monoisotopic (exact) mass is 296 g/mol. The molecule has 0 bridgehead atoms. The van der Waals surface area contributed by atoms with Crippen LogP contribution in [-0.2, 0) is 0 Å². The molecule has 20 heavy (non-hydrogen) atoms. The summed E-state index contributed by atoms with van der Waals surface area (Å²) >= 11 is 6.21. The lowest BCUT2D eigenvalue weighted by Crippen LogP contribution is -2.31. The molecule has 4 nitrogen and oxygen atoms in total. The summed E-state index contributed by atoms with van der Waals surface area (Å²) < 4.78 is 15.5. The van der Waals surface area contributed by atoms with Gasteiger partial charge in [-0.3, -0.25) is 10.5 Å². The molecule has 0 saturated carbocycles. The van der Waals surface area contributed by atoms with Gasteiger partial charge in [-0.2, -0.15) is 5.10 Å². The highest BCUT2D eigenvalue weighted by Crippen LogP contribution is 2.30. The molecule has 1 unspecified atom stereocenters. The maximum absolute atomic E-state index is 13.8. The van der Waals surface area contributed by atoms with E-state index in [0.717, 1.165) is 5.69 Å². The SMILES string of the molecule is Cc1ccc(C(NN)c2c(Cl)cnn2C(C)C)cc1F. The van der Waals surface area contributed by atoms with Crippen LogP contribution in [-0.4, -0.2) is 9.78 Å². The van der Waals surface area contributed by atoms with E-state index in [-0.39, 0.29) is 11.9 Å². The van der Waals surface area contributed by atoms with E-state index in [0.29, 0.717) is 16.1 Å². The normalized spacial score (nSPS) is 12.9. The van der Waals surface area contributed by atoms with Gasteiger partial charge < -0.3 is 0 Å². The minimum atomic E-state index is -0.414. The van der Waals surface area contributed by atoms with Crippen LogP contribution in [0.25, 0.3) is 0 Å². The number of hydrogen-bond donors (Lipinski definition) is 2. The van der Waals surface area contributed by atoms with Crippen LogP contribution in [0.15, 0.2) is 24.4 Å². The van der Waals surface area contributed by atoms with Gasteiger partial charge in [0.2, 0.25) is 0 Å². The predicted octanol–water partition coefficient (Wildman–Crippen LogP) is 3.12. The molecule has 0 saturated heterocycles. The Morgan fingerprint density at radius 1 is 1.40 bits per heavy atom. The van der Waals surface area contributed by atoms with Crippen molar-refractivity contribution in [2.45, 2.75) is 32.9 Å². The lowest BCUT2D eigenvalue weighted by atomic mass is 10.0. The third kappa shape index (κ3) is 2.70. The van der Waals surface area contributed by atoms with Crippen LogP contribution in [0.4, 0.5) is 4.39 Å². The molecule has 108 valence electrons. The number of aromatic nitrogens is 2. The van der Waals surface area contributed by atoms with Crippen molar-refractivity contribution >= 4 is 11.6 Å². The van der Waals surface area contributed by atoms with Crippen molar-refractivity contribution in [3.8, 4) is 0 Å². The first kappa shape index (κ1) is 15.0. The van der Waals surface area contributed by atoms with Crippen LogP contribution in [0.3, 0.4) is 0 Å². The number of hydrazine groups is 1. The number of benzene rings is 1. The van der Waals surface area contributed by atoms with E-state index in [1.54, 1.807) is 23.9 Å². The Labute approximate surface area is 122 Å². The summed E-state index contributed by atoms with van der Waals surface area (Å²) in [5, 5.41) is 4.75. The summed E-state index contributed by atoms with van der Waals surface area (Å²) in [5.74, 6) is 5.38. The molecule has 3 N–H and O–H groups in total. The molecule has 0 aliphatic rings. The van der Waals surface area contributed by atoms with Crippen LogP contribution >= 0.6 is 11.6 Å². The maximum atomic E-state index is 13.8. The zero-order valence-corrected chi connectivity index (χ0v) is 12.4. The van der Waals surface area contributed by atoms with Crippen LogP contribution in [0.2, 0.25) is 5.02 Å². The van der Waals surface area contributed by atoms with E-state index in [1.807, 2.05) is 19.9 Å². The predicted molar refractivity (Wildman–Crippen MR) is 77.9 cm³/mol. The minimum absolute atomic E-state index is 0.128. The summed E-state index contributed by atoms with van der Waals surface area (Å²) in [6.45, 7) is 5.71. The van der Waals surface area contributed by atoms with Gasteiger partial charge in [0.05, 0.1) is 23.0 Å². The summed E-state index contributed by atoms with van der Waals surface area (Å²) in [7, 11) is 0. The molecule has 0 spiro atoms. The third-order valence-electron chi connectivity index (χ3n) is 3.25. The molecule has 1 aromatic carbocycles. The van der Waals surface area contributed by atoms with Gasteiger partial charge in [0.25, 0.3) is 0 Å². The molecule has 6 heteroatoms. The van der Waals surface area contributed by atoms with Gasteiger partial charge in [-0.15, -0.1) is 0 Å². The number of halogens is 2. The average molecular weight is 297 g/mol. The summed E-state index contributed by atoms with van der Waals surface area (Å²) in [6, 6.07) is 4.73. The topological polar surface area (TPSA) is 55.9 Å². The lowest BCUT2D eigenvalue weighted by molar-refractivity contribution is 0.475. The lowest BCUT2D eigenvalue weighted by Gasteiger charge is -2.21. The van der Waals surface area contributed by atoms with Crippen molar-refractivity contribution in [2.75, 3.05) is 0 Å². The summed E-state index contributed by atoms with van der Waals surface area (Å²) in [4.78, 5) is 0. The van der Waals surface area contributed by atoms with Crippen molar-refractivity contribution in [3.63, 3.8) is 0 Å². The molecule has 0 fully saturated rings. The fourth-order valence-corrected chi connectivity index (χ4v) is 2.39. The fraction of sp³-hybridized carbons (Fsp3) is 0.357. The second kappa shape index (κ2) is 5.91. The van der Waals surface area contributed by atoms with E-state index < -0.39 is 6.04 Å². The molecular weight excluding hydrogens is 279 g/mol. The first-order chi connectivity index (χ1) is 9.45. The van der Waals surface area contributed by atoms with E-state index in [1.165, 1.54) is 6.07 Å². The van der Waals surface area contributed by atoms with E-state index >= 15 is 0 Å². The summed E-state index contributed by atoms with van der Waals surface area (Å²) in [6.07, 6.45) is 1.58. The highest BCUT2D eigenvalue weighted by molar-refractivity contribution is 6.31. The molecular formula is C14H18ClFN4. The Morgan fingerprint density at radius 3 is 2.65 bits per heavy atom. The second-order valence-corrected chi connectivity index (χ2v) is 5.43. The summed E-state index contributed by atoms with van der Waals surface area (Å²) in [5.41, 5.74) is 4.72. The van der Waals surface area contributed by atoms with Crippen LogP contribution in [0.1, 0.15) is 42.8 Å². The Morgan fingerprint density at radius 2 is 2.10 bits per heavy atom. The Bertz CT molecular complexity index is 609. The molecule has 1 atom stereocenters. The first-order valence-electron chi connectivity index (χ1n) is 6.40. The zero-order chi connectivity index (χ0) is 14.9. The number of nitrogens with zero attached hydrogens (tertiary/aromatic N) is 2. The Balaban J connectivity index is 2.52. The zero-order valence-electron chi connectivity index (χ0n) is 11.7. The number of nitrogens with two attached hydrogens (primary N) is 1. The molecule has 1 heterocycles. The van der Waals surface area contributed by atoms with Gasteiger partial charge in [0.15, 0.2) is 0 Å². The fourth-order valence-electron chi connectivity index (χ4n) is 2.15. The van der Waals surface area contributed by atoms with Gasteiger partial charge in [-0.1, -0.05) is 23.7 Å². The quantitative estimate of drug-likeness (QED) is 0.673. The number of aryl methyl sites for hydroxylation is 1. The van der Waals surface area contributed by atoms with Gasteiger partial charge in [-0.25, -0.2) is 9.82 Å². The van der Waals surface area contributed by atoms with Gasteiger partial charge in [0.1, 0.15) is 5.82 Å². The Kier molecular flexibility index (Phi) is 4.42. The molecule has 2 rings (SSSR count). The maximum Gasteiger partial charge on any atom is 0.126 e. The van der Waals surface area contributed by atoms with Gasteiger partial charge in [-0.05, 0) is 38.0 Å². The average Bonchev–Trinajstić information content (AvgIpc) is 2.77. The highest BCUT2D eigenvalue weighted by Gasteiger charge is 2.23. The number of nitrogens with one attached hydrogen (secondary N) is 1.